The van der Waals surface area contributed by atoms with Gasteiger partial charge >= 0.3 is 11.9 Å². The van der Waals surface area contributed by atoms with Crippen molar-refractivity contribution in [3.05, 3.63) is 0 Å². The maximum atomic E-state index is 11.2. The average molecular weight is 203 g/mol. The molecule has 0 aromatic carbocycles. The van der Waals surface area contributed by atoms with E-state index in [0.717, 1.165) is 0 Å². The van der Waals surface area contributed by atoms with Gasteiger partial charge in [-0.2, -0.15) is 5.90 Å². The zero-order valence-corrected chi connectivity index (χ0v) is 8.99. The van der Waals surface area contributed by atoms with Crippen molar-refractivity contribution < 1.29 is 19.2 Å². The van der Waals surface area contributed by atoms with Gasteiger partial charge in [0.2, 0.25) is 0 Å². The van der Waals surface area contributed by atoms with Crippen LogP contribution in [0.25, 0.3) is 0 Å². The van der Waals surface area contributed by atoms with Crippen LogP contribution in [0.1, 0.15) is 34.1 Å². The third kappa shape index (κ3) is 5.53. The first-order valence-corrected chi connectivity index (χ1v) is 4.38. The molecule has 0 heterocycles. The first kappa shape index (κ1) is 12.9. The molecule has 0 aliphatic rings. The van der Waals surface area contributed by atoms with E-state index in [1.165, 1.54) is 0 Å². The third-order valence-electron chi connectivity index (χ3n) is 1.41. The molecule has 1 atom stereocenters. The molecule has 5 heteroatoms. The average Bonchev–Trinajstić information content (AvgIpc) is 1.99. The van der Waals surface area contributed by atoms with E-state index in [1.807, 2.05) is 0 Å². The molecule has 0 aliphatic heterocycles. The first-order valence-electron chi connectivity index (χ1n) is 4.38. The number of rotatable bonds is 3. The molecule has 0 aliphatic carbocycles. The minimum absolute atomic E-state index is 0.0205. The topological polar surface area (TPSA) is 78.6 Å². The molecule has 2 N–H and O–H groups in total. The summed E-state index contributed by atoms with van der Waals surface area (Å²) in [6.07, 6.45) is -0.0205. The molecule has 0 radical (unpaired) electrons. The highest BCUT2D eigenvalue weighted by molar-refractivity contribution is 5.79. The fraction of sp³-hybridized carbons (Fsp3) is 0.778. The second kappa shape index (κ2) is 4.95. The van der Waals surface area contributed by atoms with Gasteiger partial charge in [0.1, 0.15) is 5.60 Å². The summed E-state index contributed by atoms with van der Waals surface area (Å²) in [5, 5.41) is 0. The number of hydrogen-bond donors (Lipinski definition) is 1. The quantitative estimate of drug-likeness (QED) is 0.541. The van der Waals surface area contributed by atoms with E-state index in [4.69, 9.17) is 4.74 Å². The van der Waals surface area contributed by atoms with Gasteiger partial charge in [0, 0.05) is 0 Å². The van der Waals surface area contributed by atoms with E-state index in [9.17, 15) is 9.59 Å². The van der Waals surface area contributed by atoms with Crippen molar-refractivity contribution >= 4 is 11.9 Å². The summed E-state index contributed by atoms with van der Waals surface area (Å²) in [5.74, 6) is 3.05. The number of ether oxygens (including phenoxy) is 1. The molecule has 0 saturated carbocycles. The van der Waals surface area contributed by atoms with Crippen LogP contribution < -0.4 is 5.90 Å². The molecular formula is C9H17NO4. The van der Waals surface area contributed by atoms with Gasteiger partial charge in [0.15, 0.2) is 0 Å². The van der Waals surface area contributed by atoms with E-state index in [2.05, 4.69) is 10.7 Å². The van der Waals surface area contributed by atoms with Crippen LogP contribution in [0, 0.1) is 5.92 Å². The van der Waals surface area contributed by atoms with Crippen LogP contribution in [0.2, 0.25) is 0 Å². The molecule has 0 fully saturated rings. The van der Waals surface area contributed by atoms with Crippen molar-refractivity contribution in [2.24, 2.45) is 11.8 Å². The lowest BCUT2D eigenvalue weighted by atomic mass is 10.1. The summed E-state index contributed by atoms with van der Waals surface area (Å²) < 4.78 is 5.02. The number of nitrogens with two attached hydrogens (primary N) is 1. The minimum Gasteiger partial charge on any atom is -0.460 e. The maximum Gasteiger partial charge on any atom is 0.327 e. The molecule has 0 spiro atoms. The Labute approximate surface area is 83.5 Å². The minimum atomic E-state index is -0.615. The monoisotopic (exact) mass is 203 g/mol. The summed E-state index contributed by atoms with van der Waals surface area (Å²) in [6.45, 7) is 6.84. The highest BCUT2D eigenvalue weighted by atomic mass is 16.7. The summed E-state index contributed by atoms with van der Waals surface area (Å²) in [7, 11) is 0. The normalized spacial score (nSPS) is 13.2. The zero-order valence-electron chi connectivity index (χ0n) is 8.99. The summed E-state index contributed by atoms with van der Waals surface area (Å²) in [6, 6.07) is 0. The van der Waals surface area contributed by atoms with Crippen molar-refractivity contribution in [3.63, 3.8) is 0 Å². The van der Waals surface area contributed by atoms with Crippen LogP contribution in [0.3, 0.4) is 0 Å². The number of esters is 1. The Morgan fingerprint density at radius 3 is 2.21 bits per heavy atom. The largest absolute Gasteiger partial charge is 0.460 e. The van der Waals surface area contributed by atoms with E-state index in [-0.39, 0.29) is 6.42 Å². The van der Waals surface area contributed by atoms with Crippen LogP contribution in [-0.4, -0.2) is 17.5 Å². The van der Waals surface area contributed by atoms with Gasteiger partial charge in [-0.05, 0) is 20.8 Å². The lowest BCUT2D eigenvalue weighted by Gasteiger charge is -2.20. The van der Waals surface area contributed by atoms with E-state index in [0.29, 0.717) is 0 Å². The molecule has 5 nitrogen and oxygen atoms in total. The van der Waals surface area contributed by atoms with E-state index in [1.54, 1.807) is 27.7 Å². The van der Waals surface area contributed by atoms with Gasteiger partial charge in [-0.3, -0.25) is 9.59 Å². The van der Waals surface area contributed by atoms with Gasteiger partial charge in [-0.25, -0.2) is 0 Å². The highest BCUT2D eigenvalue weighted by Crippen LogP contribution is 2.12. The summed E-state index contributed by atoms with van der Waals surface area (Å²) in [4.78, 5) is 26.1. The van der Waals surface area contributed by atoms with Crippen molar-refractivity contribution in [1.82, 2.24) is 0 Å². The Bertz CT molecular complexity index is 219. The van der Waals surface area contributed by atoms with Gasteiger partial charge < -0.3 is 9.57 Å². The van der Waals surface area contributed by atoms with Crippen molar-refractivity contribution in [2.75, 3.05) is 0 Å². The van der Waals surface area contributed by atoms with Gasteiger partial charge in [0.05, 0.1) is 12.3 Å². The highest BCUT2D eigenvalue weighted by Gasteiger charge is 2.22. The molecule has 0 aromatic heterocycles. The van der Waals surface area contributed by atoms with Crippen molar-refractivity contribution in [1.29, 1.82) is 0 Å². The molecule has 0 rings (SSSR count). The number of hydrogen-bond acceptors (Lipinski definition) is 5. The van der Waals surface area contributed by atoms with Gasteiger partial charge in [-0.1, -0.05) is 6.92 Å². The lowest BCUT2D eigenvalue weighted by Crippen LogP contribution is -2.27. The molecule has 0 saturated heterocycles. The van der Waals surface area contributed by atoms with Crippen LogP contribution in [0.4, 0.5) is 0 Å². The van der Waals surface area contributed by atoms with Crippen LogP contribution in [0.5, 0.6) is 0 Å². The standard InChI is InChI=1S/C9H17NO4/c1-6(8(12)14-10)5-7(11)13-9(2,3)4/h6H,5,10H2,1-4H3. The fourth-order valence-electron chi connectivity index (χ4n) is 0.833. The molecule has 82 valence electrons. The number of carbonyl (C=O) groups excluding carboxylic acids is 2. The van der Waals surface area contributed by atoms with Crippen molar-refractivity contribution in [3.8, 4) is 0 Å². The van der Waals surface area contributed by atoms with E-state index < -0.39 is 23.5 Å². The van der Waals surface area contributed by atoms with Gasteiger partial charge in [-0.15, -0.1) is 0 Å². The molecular weight excluding hydrogens is 186 g/mol. The SMILES string of the molecule is CC(CC(=O)OC(C)(C)C)C(=O)ON. The molecule has 14 heavy (non-hydrogen) atoms. The Morgan fingerprint density at radius 1 is 1.36 bits per heavy atom. The Hall–Kier alpha value is -1.10. The Morgan fingerprint density at radius 2 is 1.86 bits per heavy atom. The van der Waals surface area contributed by atoms with Gasteiger partial charge in [0.25, 0.3) is 0 Å². The van der Waals surface area contributed by atoms with Crippen molar-refractivity contribution in [2.45, 2.75) is 39.7 Å². The second-order valence-electron chi connectivity index (χ2n) is 4.13. The smallest absolute Gasteiger partial charge is 0.327 e. The molecule has 0 bridgehead atoms. The Kier molecular flexibility index (Phi) is 4.56. The summed E-state index contributed by atoms with van der Waals surface area (Å²) in [5.41, 5.74) is -0.538. The third-order valence-corrected chi connectivity index (χ3v) is 1.41. The van der Waals surface area contributed by atoms with E-state index >= 15 is 0 Å². The second-order valence-corrected chi connectivity index (χ2v) is 4.13. The summed E-state index contributed by atoms with van der Waals surface area (Å²) >= 11 is 0. The molecule has 0 aromatic rings. The molecule has 1 unspecified atom stereocenters. The van der Waals surface area contributed by atoms with Crippen LogP contribution in [0.15, 0.2) is 0 Å². The zero-order chi connectivity index (χ0) is 11.4. The predicted octanol–water partition coefficient (Wildman–Crippen LogP) is 0.771. The number of carbonyl (C=O) groups is 2. The maximum absolute atomic E-state index is 11.2. The van der Waals surface area contributed by atoms with Crippen LogP contribution in [-0.2, 0) is 19.2 Å². The molecule has 0 amide bonds. The lowest BCUT2D eigenvalue weighted by molar-refractivity contribution is -0.161. The first-order chi connectivity index (χ1) is 6.26. The van der Waals surface area contributed by atoms with Crippen LogP contribution >= 0.6 is 0 Å². The Balaban J connectivity index is 4.01. The fourth-order valence-corrected chi connectivity index (χ4v) is 0.833. The predicted molar refractivity (Wildman–Crippen MR) is 49.9 cm³/mol.